The fourth-order valence-corrected chi connectivity index (χ4v) is 4.43. The first-order chi connectivity index (χ1) is 16.4. The summed E-state index contributed by atoms with van der Waals surface area (Å²) >= 11 is 0. The average molecular weight is 465 g/mol. The minimum absolute atomic E-state index is 0.278. The number of rotatable bonds is 7. The van der Waals surface area contributed by atoms with Crippen molar-refractivity contribution in [3.63, 3.8) is 0 Å². The molecule has 2 heterocycles. The number of ether oxygens (including phenoxy) is 1. The van der Waals surface area contributed by atoms with E-state index in [9.17, 15) is 19.2 Å². The van der Waals surface area contributed by atoms with Crippen molar-refractivity contribution in [2.45, 2.75) is 12.5 Å². The first kappa shape index (κ1) is 23.4. The molecule has 4 amide bonds. The topological polar surface area (TPSA) is 99.3 Å². The van der Waals surface area contributed by atoms with Gasteiger partial charge in [-0.2, -0.15) is 0 Å². The summed E-state index contributed by atoms with van der Waals surface area (Å²) in [6.45, 7) is 4.18. The molecule has 34 heavy (non-hydrogen) atoms. The Morgan fingerprint density at radius 1 is 0.912 bits per heavy atom. The van der Waals surface area contributed by atoms with Gasteiger partial charge in [-0.05, 0) is 11.1 Å². The van der Waals surface area contributed by atoms with E-state index in [1.165, 1.54) is 6.92 Å². The molecule has 2 aliphatic heterocycles. The van der Waals surface area contributed by atoms with Crippen molar-refractivity contribution < 1.29 is 23.9 Å². The van der Waals surface area contributed by atoms with Gasteiger partial charge in [-0.1, -0.05) is 60.7 Å². The molecule has 2 aliphatic rings. The normalized spacial score (nSPS) is 18.0. The van der Waals surface area contributed by atoms with Gasteiger partial charge in [0.1, 0.15) is 13.2 Å². The van der Waals surface area contributed by atoms with E-state index in [1.54, 1.807) is 29.2 Å². The zero-order chi connectivity index (χ0) is 24.1. The molecule has 0 spiro atoms. The monoisotopic (exact) mass is 464 g/mol. The standard InChI is InChI=1S/C25H28N4O5/c1-19(30)34-17-16-27-12-14-28(15-13-27)22(31)18-29-23(32)25(26-24(29)33,20-8-4-2-5-9-20)21-10-6-3-7-11-21/h2-11H,12-18H2,1H3,(H,26,33). The second kappa shape index (κ2) is 10.0. The Morgan fingerprint density at radius 3 is 2.00 bits per heavy atom. The summed E-state index contributed by atoms with van der Waals surface area (Å²) in [4.78, 5) is 55.4. The first-order valence-electron chi connectivity index (χ1n) is 11.3. The minimum atomic E-state index is -1.38. The number of urea groups is 1. The van der Waals surface area contributed by atoms with Crippen LogP contribution in [-0.2, 0) is 24.7 Å². The molecule has 0 aliphatic carbocycles. The average Bonchev–Trinajstić information content (AvgIpc) is 3.11. The van der Waals surface area contributed by atoms with Crippen LogP contribution in [0, 0.1) is 0 Å². The van der Waals surface area contributed by atoms with Crippen LogP contribution >= 0.6 is 0 Å². The van der Waals surface area contributed by atoms with Gasteiger partial charge < -0.3 is 15.0 Å². The highest BCUT2D eigenvalue weighted by Crippen LogP contribution is 2.35. The van der Waals surface area contributed by atoms with Gasteiger partial charge in [0.15, 0.2) is 5.54 Å². The Bertz CT molecular complexity index is 1010. The highest BCUT2D eigenvalue weighted by Gasteiger charge is 2.54. The third-order valence-corrected chi connectivity index (χ3v) is 6.25. The van der Waals surface area contributed by atoms with Gasteiger partial charge >= 0.3 is 12.0 Å². The largest absolute Gasteiger partial charge is 0.465 e. The Kier molecular flexibility index (Phi) is 6.93. The molecule has 2 aromatic carbocycles. The number of imide groups is 1. The lowest BCUT2D eigenvalue weighted by Crippen LogP contribution is -2.52. The Hall–Kier alpha value is -3.72. The maximum atomic E-state index is 13.7. The molecular weight excluding hydrogens is 436 g/mol. The maximum Gasteiger partial charge on any atom is 0.326 e. The molecule has 2 aromatic rings. The SMILES string of the molecule is CC(=O)OCCN1CCN(C(=O)CN2C(=O)NC(c3ccccc3)(c3ccccc3)C2=O)CC1. The smallest absolute Gasteiger partial charge is 0.326 e. The number of hydrogen-bond donors (Lipinski definition) is 1. The van der Waals surface area contributed by atoms with E-state index in [-0.39, 0.29) is 18.4 Å². The van der Waals surface area contributed by atoms with E-state index in [0.29, 0.717) is 50.5 Å². The molecule has 9 nitrogen and oxygen atoms in total. The summed E-state index contributed by atoms with van der Waals surface area (Å²) < 4.78 is 4.97. The van der Waals surface area contributed by atoms with Crippen molar-refractivity contribution in [2.75, 3.05) is 45.9 Å². The van der Waals surface area contributed by atoms with Crippen LogP contribution < -0.4 is 5.32 Å². The molecule has 0 unspecified atom stereocenters. The van der Waals surface area contributed by atoms with Crippen LogP contribution in [0.1, 0.15) is 18.1 Å². The number of piperazine rings is 1. The van der Waals surface area contributed by atoms with Crippen LogP contribution in [-0.4, -0.2) is 84.4 Å². The number of esters is 1. The van der Waals surface area contributed by atoms with Crippen molar-refractivity contribution in [2.24, 2.45) is 0 Å². The maximum absolute atomic E-state index is 13.7. The third-order valence-electron chi connectivity index (χ3n) is 6.25. The van der Waals surface area contributed by atoms with Crippen LogP contribution in [0.5, 0.6) is 0 Å². The van der Waals surface area contributed by atoms with Crippen molar-refractivity contribution >= 4 is 23.8 Å². The van der Waals surface area contributed by atoms with Crippen molar-refractivity contribution in [1.29, 1.82) is 0 Å². The van der Waals surface area contributed by atoms with Gasteiger partial charge in [0.25, 0.3) is 5.91 Å². The van der Waals surface area contributed by atoms with Gasteiger partial charge in [0.05, 0.1) is 0 Å². The quantitative estimate of drug-likeness (QED) is 0.488. The fourth-order valence-electron chi connectivity index (χ4n) is 4.43. The fraction of sp³-hybridized carbons (Fsp3) is 0.360. The highest BCUT2D eigenvalue weighted by atomic mass is 16.5. The lowest BCUT2D eigenvalue weighted by Gasteiger charge is -2.35. The van der Waals surface area contributed by atoms with Crippen LogP contribution in [0.3, 0.4) is 0 Å². The molecule has 0 saturated carbocycles. The molecular formula is C25H28N4O5. The summed E-state index contributed by atoms with van der Waals surface area (Å²) in [6, 6.07) is 17.5. The Balaban J connectivity index is 1.45. The number of carbonyl (C=O) groups excluding carboxylic acids is 4. The summed E-state index contributed by atoms with van der Waals surface area (Å²) in [5.41, 5.74) is -0.109. The number of carbonyl (C=O) groups is 4. The molecule has 0 radical (unpaired) electrons. The lowest BCUT2D eigenvalue weighted by molar-refractivity contribution is -0.142. The molecule has 2 fully saturated rings. The van der Waals surface area contributed by atoms with Crippen LogP contribution in [0.4, 0.5) is 4.79 Å². The van der Waals surface area contributed by atoms with Crippen molar-refractivity contribution in [3.05, 3.63) is 71.8 Å². The molecule has 1 N–H and O–H groups in total. The third kappa shape index (κ3) is 4.65. The number of nitrogens with zero attached hydrogens (tertiary/aromatic N) is 3. The predicted octanol–water partition coefficient (Wildman–Crippen LogP) is 1.19. The number of hydrogen-bond acceptors (Lipinski definition) is 6. The van der Waals surface area contributed by atoms with Crippen LogP contribution in [0.2, 0.25) is 0 Å². The molecule has 178 valence electrons. The van der Waals surface area contributed by atoms with E-state index in [4.69, 9.17) is 4.74 Å². The van der Waals surface area contributed by atoms with Crippen molar-refractivity contribution in [1.82, 2.24) is 20.0 Å². The Morgan fingerprint density at radius 2 is 1.47 bits per heavy atom. The van der Waals surface area contributed by atoms with E-state index in [0.717, 1.165) is 4.90 Å². The molecule has 2 saturated heterocycles. The van der Waals surface area contributed by atoms with Gasteiger partial charge in [0.2, 0.25) is 5.91 Å². The lowest BCUT2D eigenvalue weighted by atomic mass is 9.82. The second-order valence-corrected chi connectivity index (χ2v) is 8.37. The zero-order valence-electron chi connectivity index (χ0n) is 19.1. The van der Waals surface area contributed by atoms with E-state index in [1.807, 2.05) is 36.4 Å². The molecule has 0 atom stereocenters. The summed E-state index contributed by atoms with van der Waals surface area (Å²) in [7, 11) is 0. The number of benzene rings is 2. The first-order valence-corrected chi connectivity index (χ1v) is 11.3. The van der Waals surface area contributed by atoms with Gasteiger partial charge in [-0.3, -0.25) is 24.2 Å². The van der Waals surface area contributed by atoms with Gasteiger partial charge in [0, 0.05) is 39.6 Å². The van der Waals surface area contributed by atoms with Gasteiger partial charge in [-0.25, -0.2) is 4.79 Å². The molecule has 9 heteroatoms. The molecule has 4 rings (SSSR count). The summed E-state index contributed by atoms with van der Waals surface area (Å²) in [5.74, 6) is -1.06. The van der Waals surface area contributed by atoms with Gasteiger partial charge in [-0.15, -0.1) is 0 Å². The second-order valence-electron chi connectivity index (χ2n) is 8.37. The van der Waals surface area contributed by atoms with E-state index in [2.05, 4.69) is 10.2 Å². The summed E-state index contributed by atoms with van der Waals surface area (Å²) in [5, 5.41) is 2.86. The highest BCUT2D eigenvalue weighted by molar-refractivity contribution is 6.11. The van der Waals surface area contributed by atoms with E-state index >= 15 is 0 Å². The zero-order valence-corrected chi connectivity index (χ0v) is 19.1. The van der Waals surface area contributed by atoms with Crippen LogP contribution in [0.25, 0.3) is 0 Å². The number of amides is 4. The Labute approximate surface area is 198 Å². The van der Waals surface area contributed by atoms with Crippen molar-refractivity contribution in [3.8, 4) is 0 Å². The number of nitrogens with one attached hydrogen (secondary N) is 1. The predicted molar refractivity (Wildman–Crippen MR) is 124 cm³/mol. The minimum Gasteiger partial charge on any atom is -0.465 e. The molecule has 0 aromatic heterocycles. The summed E-state index contributed by atoms with van der Waals surface area (Å²) in [6.07, 6.45) is 0. The van der Waals surface area contributed by atoms with Crippen LogP contribution in [0.15, 0.2) is 60.7 Å². The van der Waals surface area contributed by atoms with E-state index < -0.39 is 17.5 Å². The molecule has 0 bridgehead atoms.